The Balaban J connectivity index is 1.74. The molecule has 0 unspecified atom stereocenters. The van der Waals surface area contributed by atoms with E-state index in [0.29, 0.717) is 6.54 Å². The van der Waals surface area contributed by atoms with E-state index in [1.54, 1.807) is 11.8 Å². The lowest BCUT2D eigenvalue weighted by atomic mass is 10.2. The maximum Gasteiger partial charge on any atom is 0.240 e. The number of carbonyl (C=O) groups is 1. The minimum Gasteiger partial charge on any atom is -0.354 e. The number of thioether (sulfide) groups is 1. The summed E-state index contributed by atoms with van der Waals surface area (Å²) < 4.78 is 38.2. The summed E-state index contributed by atoms with van der Waals surface area (Å²) in [6.45, 7) is 2.14. The van der Waals surface area contributed by atoms with Crippen LogP contribution in [0, 0.1) is 12.7 Å². The molecule has 1 amide bonds. The Kier molecular flexibility index (Phi) is 8.32. The van der Waals surface area contributed by atoms with Gasteiger partial charge in [0.2, 0.25) is 15.9 Å². The normalized spacial score (nSPS) is 11.2. The predicted octanol–water partition coefficient (Wildman–Crippen LogP) is 3.34. The predicted molar refractivity (Wildman–Crippen MR) is 114 cm³/mol. The summed E-state index contributed by atoms with van der Waals surface area (Å²) in [5.41, 5.74) is 2.63. The third kappa shape index (κ3) is 7.52. The second kappa shape index (κ2) is 10.5. The van der Waals surface area contributed by atoms with E-state index < -0.39 is 21.7 Å². The highest BCUT2D eigenvalue weighted by Gasteiger charge is 2.20. The summed E-state index contributed by atoms with van der Waals surface area (Å²) in [5, 5.41) is 2.72. The summed E-state index contributed by atoms with van der Waals surface area (Å²) in [6.07, 6.45) is 1.77. The molecule has 0 heterocycles. The molecule has 0 spiro atoms. The van der Waals surface area contributed by atoms with E-state index in [1.165, 1.54) is 29.3 Å². The molecule has 0 saturated heterocycles. The molecule has 152 valence electrons. The van der Waals surface area contributed by atoms with Crippen LogP contribution in [-0.2, 0) is 20.6 Å². The van der Waals surface area contributed by atoms with Gasteiger partial charge < -0.3 is 5.32 Å². The number of aryl methyl sites for hydroxylation is 1. The summed E-state index contributed by atoms with van der Waals surface area (Å²) in [7, 11) is -3.70. The summed E-state index contributed by atoms with van der Waals surface area (Å²) in [4.78, 5) is 12.1. The zero-order chi connectivity index (χ0) is 20.6. The van der Waals surface area contributed by atoms with E-state index in [9.17, 15) is 17.6 Å². The zero-order valence-electron chi connectivity index (χ0n) is 16.0. The van der Waals surface area contributed by atoms with Crippen LogP contribution in [0.4, 0.5) is 10.1 Å². The third-order valence-electron chi connectivity index (χ3n) is 3.96. The van der Waals surface area contributed by atoms with Gasteiger partial charge >= 0.3 is 0 Å². The van der Waals surface area contributed by atoms with Gasteiger partial charge in [-0.25, -0.2) is 12.8 Å². The lowest BCUT2D eigenvalue weighted by Crippen LogP contribution is -2.40. The van der Waals surface area contributed by atoms with Gasteiger partial charge in [-0.3, -0.25) is 9.10 Å². The van der Waals surface area contributed by atoms with Crippen LogP contribution in [0.15, 0.2) is 48.5 Å². The molecular weight excluding hydrogens is 399 g/mol. The van der Waals surface area contributed by atoms with Crippen LogP contribution in [0.5, 0.6) is 0 Å². The van der Waals surface area contributed by atoms with Crippen molar-refractivity contribution >= 4 is 33.4 Å². The number of nitrogens with one attached hydrogen (secondary N) is 1. The molecule has 0 aliphatic carbocycles. The van der Waals surface area contributed by atoms with Crippen LogP contribution < -0.4 is 9.62 Å². The Hall–Kier alpha value is -2.06. The number of amides is 1. The number of carbonyl (C=O) groups excluding carboxylic acids is 1. The van der Waals surface area contributed by atoms with Crippen LogP contribution in [0.3, 0.4) is 0 Å². The second-order valence-electron chi connectivity index (χ2n) is 6.49. The van der Waals surface area contributed by atoms with Crippen molar-refractivity contribution in [2.45, 2.75) is 19.1 Å². The lowest BCUT2D eigenvalue weighted by Gasteiger charge is -2.21. The van der Waals surface area contributed by atoms with E-state index in [1.807, 2.05) is 0 Å². The van der Waals surface area contributed by atoms with E-state index >= 15 is 0 Å². The standard InChI is InChI=1S/C20H25FN2O3S2/c1-16-7-9-17(10-8-16)15-27-12-4-11-22-20(24)14-23(28(2,25)26)19-6-3-5-18(21)13-19/h3,5-10,13H,4,11-12,14-15H2,1-2H3,(H,22,24). The highest BCUT2D eigenvalue weighted by Crippen LogP contribution is 2.18. The van der Waals surface area contributed by atoms with Crippen molar-refractivity contribution in [3.63, 3.8) is 0 Å². The number of sulfonamides is 1. The van der Waals surface area contributed by atoms with E-state index in [2.05, 4.69) is 36.5 Å². The van der Waals surface area contributed by atoms with Gasteiger partial charge in [0, 0.05) is 12.3 Å². The number of hydrogen-bond acceptors (Lipinski definition) is 4. The highest BCUT2D eigenvalue weighted by atomic mass is 32.2. The van der Waals surface area contributed by atoms with Gasteiger partial charge in [0.1, 0.15) is 12.4 Å². The molecule has 2 aromatic rings. The van der Waals surface area contributed by atoms with Crippen molar-refractivity contribution in [2.24, 2.45) is 0 Å². The van der Waals surface area contributed by atoms with Crippen molar-refractivity contribution in [1.82, 2.24) is 5.32 Å². The van der Waals surface area contributed by atoms with Gasteiger partial charge in [0.25, 0.3) is 0 Å². The van der Waals surface area contributed by atoms with Crippen LogP contribution in [0.25, 0.3) is 0 Å². The van der Waals surface area contributed by atoms with Gasteiger partial charge in [0.05, 0.1) is 11.9 Å². The highest BCUT2D eigenvalue weighted by molar-refractivity contribution is 7.98. The largest absolute Gasteiger partial charge is 0.354 e. The lowest BCUT2D eigenvalue weighted by molar-refractivity contribution is -0.119. The molecule has 0 aromatic heterocycles. The van der Waals surface area contributed by atoms with Crippen molar-refractivity contribution in [3.05, 3.63) is 65.5 Å². The third-order valence-corrected chi connectivity index (χ3v) is 6.22. The fourth-order valence-corrected chi connectivity index (χ4v) is 4.26. The smallest absolute Gasteiger partial charge is 0.240 e. The SMILES string of the molecule is Cc1ccc(CSCCCNC(=O)CN(c2cccc(F)c2)S(C)(=O)=O)cc1. The molecule has 1 N–H and O–H groups in total. The van der Waals surface area contributed by atoms with Gasteiger partial charge in [-0.15, -0.1) is 0 Å². The first-order chi connectivity index (χ1) is 13.3. The van der Waals surface area contributed by atoms with E-state index in [4.69, 9.17) is 0 Å². The quantitative estimate of drug-likeness (QED) is 0.594. The molecule has 5 nitrogen and oxygen atoms in total. The topological polar surface area (TPSA) is 66.5 Å². The number of halogens is 1. The summed E-state index contributed by atoms with van der Waals surface area (Å²) in [5.74, 6) is 0.819. The Morgan fingerprint density at radius 3 is 2.54 bits per heavy atom. The number of hydrogen-bond donors (Lipinski definition) is 1. The average Bonchev–Trinajstić information content (AvgIpc) is 2.63. The van der Waals surface area contributed by atoms with Crippen LogP contribution in [0.2, 0.25) is 0 Å². The number of nitrogens with zero attached hydrogens (tertiary/aromatic N) is 1. The number of benzene rings is 2. The van der Waals surface area contributed by atoms with Crippen LogP contribution in [0.1, 0.15) is 17.5 Å². The first kappa shape index (κ1) is 22.2. The molecule has 2 aromatic carbocycles. The molecule has 0 bridgehead atoms. The molecule has 0 aliphatic rings. The maximum atomic E-state index is 13.4. The molecule has 0 fully saturated rings. The average molecular weight is 425 g/mol. The number of rotatable bonds is 10. The molecule has 0 atom stereocenters. The summed E-state index contributed by atoms with van der Waals surface area (Å²) >= 11 is 1.78. The Labute approximate surface area is 170 Å². The summed E-state index contributed by atoms with van der Waals surface area (Å²) in [6, 6.07) is 13.6. The minimum atomic E-state index is -3.70. The number of anilines is 1. The molecule has 8 heteroatoms. The Bertz CT molecular complexity index is 887. The molecule has 28 heavy (non-hydrogen) atoms. The monoisotopic (exact) mass is 424 g/mol. The van der Waals surface area contributed by atoms with Crippen LogP contribution >= 0.6 is 11.8 Å². The Morgan fingerprint density at radius 2 is 1.89 bits per heavy atom. The van der Waals surface area contributed by atoms with Crippen molar-refractivity contribution in [2.75, 3.05) is 29.4 Å². The second-order valence-corrected chi connectivity index (χ2v) is 9.50. The fourth-order valence-electron chi connectivity index (χ4n) is 2.49. The fraction of sp³-hybridized carbons (Fsp3) is 0.350. The van der Waals surface area contributed by atoms with Crippen LogP contribution in [-0.4, -0.2) is 39.4 Å². The first-order valence-electron chi connectivity index (χ1n) is 8.89. The van der Waals surface area contributed by atoms with Crippen molar-refractivity contribution < 1.29 is 17.6 Å². The Morgan fingerprint density at radius 1 is 1.18 bits per heavy atom. The van der Waals surface area contributed by atoms with Gasteiger partial charge in [0.15, 0.2) is 0 Å². The van der Waals surface area contributed by atoms with E-state index in [0.717, 1.165) is 34.6 Å². The molecule has 0 saturated carbocycles. The molecule has 0 aliphatic heterocycles. The maximum absolute atomic E-state index is 13.4. The van der Waals surface area contributed by atoms with Crippen molar-refractivity contribution in [3.8, 4) is 0 Å². The molecular formula is C20H25FN2O3S2. The van der Waals surface area contributed by atoms with Gasteiger partial charge in [-0.1, -0.05) is 35.9 Å². The molecule has 0 radical (unpaired) electrons. The zero-order valence-corrected chi connectivity index (χ0v) is 17.7. The minimum absolute atomic E-state index is 0.131. The molecule has 2 rings (SSSR count). The van der Waals surface area contributed by atoms with Gasteiger partial charge in [-0.05, 0) is 42.9 Å². The first-order valence-corrected chi connectivity index (χ1v) is 11.9. The van der Waals surface area contributed by atoms with Crippen molar-refractivity contribution in [1.29, 1.82) is 0 Å². The van der Waals surface area contributed by atoms with Gasteiger partial charge in [-0.2, -0.15) is 11.8 Å². The van der Waals surface area contributed by atoms with E-state index in [-0.39, 0.29) is 12.2 Å².